The van der Waals surface area contributed by atoms with Crippen molar-refractivity contribution in [1.29, 1.82) is 0 Å². The van der Waals surface area contributed by atoms with E-state index in [1.165, 1.54) is 46.0 Å². The van der Waals surface area contributed by atoms with Gasteiger partial charge in [-0.2, -0.15) is 0 Å². The number of fused-ring (bicyclic) bond motifs is 2. The van der Waals surface area contributed by atoms with Crippen molar-refractivity contribution < 1.29 is 0 Å². The number of para-hydroxylation sites is 1. The zero-order chi connectivity index (χ0) is 24.3. The minimum Gasteiger partial charge on any atom is -0.289 e. The fourth-order valence-electron chi connectivity index (χ4n) is 5.41. The second-order valence-electron chi connectivity index (χ2n) is 9.71. The fourth-order valence-corrected chi connectivity index (χ4v) is 5.41. The molecule has 7 rings (SSSR count). The van der Waals surface area contributed by atoms with E-state index >= 15 is 0 Å². The lowest BCUT2D eigenvalue weighted by Crippen LogP contribution is -2.26. The molecule has 5 nitrogen and oxygen atoms in total. The van der Waals surface area contributed by atoms with Crippen LogP contribution in [0.1, 0.15) is 25.0 Å². The van der Waals surface area contributed by atoms with E-state index in [4.69, 9.17) is 4.98 Å². The first kappa shape index (κ1) is 20.7. The number of imidazole rings is 1. The van der Waals surface area contributed by atoms with Crippen LogP contribution in [0.2, 0.25) is 0 Å². The molecule has 2 aromatic heterocycles. The molecule has 1 aliphatic rings. The monoisotopic (exact) mass is 465 g/mol. The van der Waals surface area contributed by atoms with Gasteiger partial charge in [0.2, 0.25) is 0 Å². The lowest BCUT2D eigenvalue weighted by molar-refractivity contribution is 0.629. The molecule has 0 radical (unpaired) electrons. The smallest absolute Gasteiger partial charge is 0.199 e. The Morgan fingerprint density at radius 3 is 2.06 bits per heavy atom. The van der Waals surface area contributed by atoms with Gasteiger partial charge >= 0.3 is 0 Å². The van der Waals surface area contributed by atoms with E-state index in [0.717, 1.165) is 22.5 Å². The molecule has 0 fully saturated rings. The third kappa shape index (κ3) is 3.02. The van der Waals surface area contributed by atoms with Crippen LogP contribution >= 0.6 is 0 Å². The molecule has 1 aliphatic heterocycles. The number of rotatable bonds is 3. The van der Waals surface area contributed by atoms with Crippen molar-refractivity contribution >= 4 is 11.0 Å². The van der Waals surface area contributed by atoms with Crippen molar-refractivity contribution in [2.24, 2.45) is 0 Å². The van der Waals surface area contributed by atoms with E-state index in [1.54, 1.807) is 0 Å². The first-order valence-corrected chi connectivity index (χ1v) is 12.1. The van der Waals surface area contributed by atoms with Crippen LogP contribution in [-0.2, 0) is 5.41 Å². The summed E-state index contributed by atoms with van der Waals surface area (Å²) < 4.78 is 2.21. The second kappa shape index (κ2) is 7.68. The molecule has 0 aliphatic carbocycles. The van der Waals surface area contributed by atoms with Crippen molar-refractivity contribution in [2.45, 2.75) is 19.3 Å². The van der Waals surface area contributed by atoms with E-state index < -0.39 is 0 Å². The van der Waals surface area contributed by atoms with Crippen molar-refractivity contribution in [3.05, 3.63) is 115 Å². The summed E-state index contributed by atoms with van der Waals surface area (Å²) >= 11 is 0. The molecule has 0 spiro atoms. The van der Waals surface area contributed by atoms with Gasteiger partial charge in [0, 0.05) is 5.41 Å². The fraction of sp³-hybridized carbons (Fsp3) is 0.0968. The highest BCUT2D eigenvalue weighted by atomic mass is 15.1. The van der Waals surface area contributed by atoms with Gasteiger partial charge in [-0.3, -0.25) is 4.57 Å². The number of hydrogen-bond acceptors (Lipinski definition) is 4. The molecular formula is C31H23N5. The molecular weight excluding hydrogens is 442 g/mol. The molecule has 0 atom stereocenters. The van der Waals surface area contributed by atoms with Gasteiger partial charge in [0.25, 0.3) is 0 Å². The maximum absolute atomic E-state index is 4.95. The molecule has 0 saturated carbocycles. The van der Waals surface area contributed by atoms with Crippen LogP contribution in [0.25, 0.3) is 50.6 Å². The molecule has 0 N–H and O–H groups in total. The van der Waals surface area contributed by atoms with E-state index in [1.807, 2.05) is 6.07 Å². The Labute approximate surface area is 209 Å². The minimum atomic E-state index is -0.193. The van der Waals surface area contributed by atoms with Crippen molar-refractivity contribution in [2.75, 3.05) is 0 Å². The zero-order valence-electron chi connectivity index (χ0n) is 20.1. The third-order valence-corrected chi connectivity index (χ3v) is 7.28. The van der Waals surface area contributed by atoms with Crippen LogP contribution < -0.4 is 0 Å². The Hall–Kier alpha value is -4.64. The van der Waals surface area contributed by atoms with Gasteiger partial charge in [0.15, 0.2) is 11.6 Å². The molecule has 0 unspecified atom stereocenters. The van der Waals surface area contributed by atoms with Crippen LogP contribution in [0, 0.1) is 0 Å². The zero-order valence-corrected chi connectivity index (χ0v) is 20.1. The predicted octanol–water partition coefficient (Wildman–Crippen LogP) is 6.85. The average molecular weight is 466 g/mol. The highest BCUT2D eigenvalue weighted by Crippen LogP contribution is 2.46. The van der Waals surface area contributed by atoms with Crippen molar-refractivity contribution in [3.8, 4) is 39.6 Å². The van der Waals surface area contributed by atoms with Crippen LogP contribution in [0.3, 0.4) is 0 Å². The minimum absolute atomic E-state index is 0.193. The van der Waals surface area contributed by atoms with E-state index in [2.05, 4.69) is 118 Å². The van der Waals surface area contributed by atoms with Gasteiger partial charge in [-0.15, -0.1) is 0 Å². The molecule has 6 aromatic rings. The standard InChI is InChI=1S/C31H23N5/c1-31(2)24-9-6-10-26-28(24)36(30(35-26)29-33-18-32-19-34-29)27-16-15-23(17-25(27)31)22-13-11-21(12-14-22)20-7-4-3-5-8-20/h3-19H,1-2H3. The molecule has 0 bridgehead atoms. The Kier molecular flexibility index (Phi) is 4.42. The molecule has 5 heteroatoms. The summed E-state index contributed by atoms with van der Waals surface area (Å²) in [7, 11) is 0. The van der Waals surface area contributed by atoms with Gasteiger partial charge < -0.3 is 0 Å². The Balaban J connectivity index is 1.41. The summed E-state index contributed by atoms with van der Waals surface area (Å²) in [6.07, 6.45) is 3.04. The molecule has 172 valence electrons. The molecule has 3 heterocycles. The summed E-state index contributed by atoms with van der Waals surface area (Å²) in [6.45, 7) is 4.59. The van der Waals surface area contributed by atoms with Crippen LogP contribution in [-0.4, -0.2) is 24.5 Å². The van der Waals surface area contributed by atoms with Gasteiger partial charge in [-0.05, 0) is 51.6 Å². The molecule has 36 heavy (non-hydrogen) atoms. The first-order chi connectivity index (χ1) is 17.6. The Bertz CT molecular complexity index is 1730. The third-order valence-electron chi connectivity index (χ3n) is 7.28. The number of aromatic nitrogens is 5. The predicted molar refractivity (Wildman–Crippen MR) is 143 cm³/mol. The highest BCUT2D eigenvalue weighted by molar-refractivity contribution is 5.90. The van der Waals surface area contributed by atoms with E-state index in [-0.39, 0.29) is 5.41 Å². The topological polar surface area (TPSA) is 56.5 Å². The van der Waals surface area contributed by atoms with Crippen LogP contribution in [0.5, 0.6) is 0 Å². The van der Waals surface area contributed by atoms with Gasteiger partial charge in [-0.1, -0.05) is 86.6 Å². The van der Waals surface area contributed by atoms with Crippen LogP contribution in [0.4, 0.5) is 0 Å². The normalized spacial score (nSPS) is 13.5. The first-order valence-electron chi connectivity index (χ1n) is 12.1. The number of benzene rings is 4. The summed E-state index contributed by atoms with van der Waals surface area (Å²) in [6, 6.07) is 32.4. The maximum atomic E-state index is 4.95. The lowest BCUT2D eigenvalue weighted by atomic mass is 9.74. The van der Waals surface area contributed by atoms with Crippen LogP contribution in [0.15, 0.2) is 104 Å². The maximum Gasteiger partial charge on any atom is 0.199 e. The molecule has 0 amide bonds. The Morgan fingerprint density at radius 2 is 1.31 bits per heavy atom. The second-order valence-corrected chi connectivity index (χ2v) is 9.71. The van der Waals surface area contributed by atoms with Gasteiger partial charge in [-0.25, -0.2) is 19.9 Å². The average Bonchev–Trinajstić information content (AvgIpc) is 3.33. The van der Waals surface area contributed by atoms with Gasteiger partial charge in [0.1, 0.15) is 12.7 Å². The molecule has 4 aromatic carbocycles. The van der Waals surface area contributed by atoms with E-state index in [9.17, 15) is 0 Å². The van der Waals surface area contributed by atoms with Crippen molar-refractivity contribution in [1.82, 2.24) is 24.5 Å². The summed E-state index contributed by atoms with van der Waals surface area (Å²) in [5.74, 6) is 1.30. The summed E-state index contributed by atoms with van der Waals surface area (Å²) in [5, 5.41) is 0. The van der Waals surface area contributed by atoms with Gasteiger partial charge in [0.05, 0.1) is 16.7 Å². The van der Waals surface area contributed by atoms with Crippen molar-refractivity contribution in [3.63, 3.8) is 0 Å². The Morgan fingerprint density at radius 1 is 0.639 bits per heavy atom. The SMILES string of the molecule is CC1(C)c2cc(-c3ccc(-c4ccccc4)cc3)ccc2-n2c(-c3ncncn3)nc3cccc1c32. The quantitative estimate of drug-likeness (QED) is 0.287. The molecule has 0 saturated heterocycles. The number of hydrogen-bond donors (Lipinski definition) is 0. The van der Waals surface area contributed by atoms with E-state index in [0.29, 0.717) is 5.82 Å². The summed E-state index contributed by atoms with van der Waals surface area (Å²) in [5.41, 5.74) is 10.3. The number of nitrogens with zero attached hydrogens (tertiary/aromatic N) is 5. The lowest BCUT2D eigenvalue weighted by Gasteiger charge is -2.34. The largest absolute Gasteiger partial charge is 0.289 e. The summed E-state index contributed by atoms with van der Waals surface area (Å²) in [4.78, 5) is 17.8. The highest BCUT2D eigenvalue weighted by Gasteiger charge is 2.36.